The number of carbonyl (C=O) groups is 1. The first-order valence-electron chi connectivity index (χ1n) is 8.60. The zero-order chi connectivity index (χ0) is 17.4. The van der Waals surface area contributed by atoms with Crippen molar-refractivity contribution in [2.75, 3.05) is 32.7 Å². The predicted molar refractivity (Wildman–Crippen MR) is 102 cm³/mol. The Labute approximate surface area is 156 Å². The molecule has 0 bridgehead atoms. The fourth-order valence-corrected chi connectivity index (χ4v) is 4.24. The van der Waals surface area contributed by atoms with Gasteiger partial charge in [-0.3, -0.25) is 4.79 Å². The van der Waals surface area contributed by atoms with E-state index < -0.39 is 10.0 Å². The van der Waals surface area contributed by atoms with Crippen LogP contribution in [0.3, 0.4) is 0 Å². The summed E-state index contributed by atoms with van der Waals surface area (Å²) in [4.78, 5) is 12.1. The lowest BCUT2D eigenvalue weighted by Gasteiger charge is -2.15. The lowest BCUT2D eigenvalue weighted by atomic mass is 10.1. The zero-order valence-corrected chi connectivity index (χ0v) is 16.3. The highest BCUT2D eigenvalue weighted by atomic mass is 35.5. The minimum atomic E-state index is -3.36. The molecule has 0 aliphatic carbocycles. The average Bonchev–Trinajstić information content (AvgIpc) is 3.13. The summed E-state index contributed by atoms with van der Waals surface area (Å²) in [6, 6.07) is 6.89. The second-order valence-corrected chi connectivity index (χ2v) is 7.90. The van der Waals surface area contributed by atoms with Crippen molar-refractivity contribution in [3.63, 3.8) is 0 Å². The molecular formula is C17H28ClN3O3S. The van der Waals surface area contributed by atoms with Gasteiger partial charge in [-0.25, -0.2) is 8.42 Å². The van der Waals surface area contributed by atoms with Gasteiger partial charge in [0.2, 0.25) is 15.9 Å². The van der Waals surface area contributed by atoms with Crippen molar-refractivity contribution in [2.45, 2.75) is 37.5 Å². The maximum Gasteiger partial charge on any atom is 0.243 e. The number of amides is 1. The molecule has 8 heteroatoms. The smallest absolute Gasteiger partial charge is 0.243 e. The molecule has 0 unspecified atom stereocenters. The number of hydrogen-bond donors (Lipinski definition) is 2. The van der Waals surface area contributed by atoms with Gasteiger partial charge in [-0.2, -0.15) is 4.31 Å². The Hall–Kier alpha value is -1.15. The molecule has 1 amide bonds. The maximum atomic E-state index is 12.4. The molecular weight excluding hydrogens is 362 g/mol. The summed E-state index contributed by atoms with van der Waals surface area (Å²) in [5.74, 6) is 0.0154. The van der Waals surface area contributed by atoms with Gasteiger partial charge in [0.05, 0.1) is 4.90 Å². The molecule has 1 fully saturated rings. The average molecular weight is 390 g/mol. The van der Waals surface area contributed by atoms with Crippen LogP contribution in [-0.2, 0) is 21.2 Å². The van der Waals surface area contributed by atoms with Crippen LogP contribution in [0.1, 0.15) is 31.7 Å². The third kappa shape index (κ3) is 6.58. The molecule has 0 spiro atoms. The third-order valence-corrected chi connectivity index (χ3v) is 6.05. The Morgan fingerprint density at radius 1 is 1.12 bits per heavy atom. The van der Waals surface area contributed by atoms with E-state index in [4.69, 9.17) is 0 Å². The van der Waals surface area contributed by atoms with E-state index in [1.165, 1.54) is 0 Å². The summed E-state index contributed by atoms with van der Waals surface area (Å²) in [6.07, 6.45) is 2.88. The van der Waals surface area contributed by atoms with Crippen LogP contribution >= 0.6 is 12.4 Å². The standard InChI is InChI=1S/C17H27N3O3S.ClH/c1-2-18-11-12-19-17(21)10-7-15-5-8-16(9-6-15)24(22,23)20-13-3-4-14-20;/h5-6,8-9,18H,2-4,7,10-14H2,1H3,(H,19,21);1H. The molecule has 1 aliphatic rings. The highest BCUT2D eigenvalue weighted by Crippen LogP contribution is 2.21. The minimum absolute atomic E-state index is 0. The van der Waals surface area contributed by atoms with Gasteiger partial charge in [0.25, 0.3) is 0 Å². The molecule has 1 saturated heterocycles. The van der Waals surface area contributed by atoms with E-state index in [2.05, 4.69) is 10.6 Å². The summed E-state index contributed by atoms with van der Waals surface area (Å²) < 4.78 is 26.4. The number of aryl methyl sites for hydroxylation is 1. The largest absolute Gasteiger partial charge is 0.355 e. The fraction of sp³-hybridized carbons (Fsp3) is 0.588. The normalized spacial score (nSPS) is 14.9. The van der Waals surface area contributed by atoms with Crippen LogP contribution in [0.25, 0.3) is 0 Å². The monoisotopic (exact) mass is 389 g/mol. The molecule has 2 rings (SSSR count). The summed E-state index contributed by atoms with van der Waals surface area (Å²) in [7, 11) is -3.36. The molecule has 6 nitrogen and oxygen atoms in total. The van der Waals surface area contributed by atoms with Gasteiger partial charge in [0.15, 0.2) is 0 Å². The number of likely N-dealkylation sites (N-methyl/N-ethyl adjacent to an activating group) is 1. The number of benzene rings is 1. The summed E-state index contributed by atoms with van der Waals surface area (Å²) in [6.45, 7) is 5.53. The number of rotatable bonds is 9. The SMILES string of the molecule is CCNCCNC(=O)CCc1ccc(S(=O)(=O)N2CCCC2)cc1.Cl. The maximum absolute atomic E-state index is 12.4. The van der Waals surface area contributed by atoms with Gasteiger partial charge >= 0.3 is 0 Å². The first-order chi connectivity index (χ1) is 11.5. The highest BCUT2D eigenvalue weighted by Gasteiger charge is 2.26. The zero-order valence-electron chi connectivity index (χ0n) is 14.7. The first-order valence-corrected chi connectivity index (χ1v) is 10.0. The second-order valence-electron chi connectivity index (χ2n) is 5.96. The van der Waals surface area contributed by atoms with Crippen molar-refractivity contribution in [3.05, 3.63) is 29.8 Å². The van der Waals surface area contributed by atoms with Crippen LogP contribution in [0.15, 0.2) is 29.2 Å². The van der Waals surface area contributed by atoms with Crippen molar-refractivity contribution in [2.24, 2.45) is 0 Å². The van der Waals surface area contributed by atoms with Crippen molar-refractivity contribution >= 4 is 28.3 Å². The molecule has 142 valence electrons. The second kappa shape index (κ2) is 10.8. The molecule has 25 heavy (non-hydrogen) atoms. The number of hydrogen-bond acceptors (Lipinski definition) is 4. The van der Waals surface area contributed by atoms with E-state index in [1.54, 1.807) is 28.6 Å². The van der Waals surface area contributed by atoms with E-state index in [-0.39, 0.29) is 18.3 Å². The van der Waals surface area contributed by atoms with Gasteiger partial charge in [-0.1, -0.05) is 19.1 Å². The summed E-state index contributed by atoms with van der Waals surface area (Å²) in [5.41, 5.74) is 0.970. The van der Waals surface area contributed by atoms with E-state index in [0.29, 0.717) is 37.4 Å². The Balaban J connectivity index is 0.00000312. The van der Waals surface area contributed by atoms with Gasteiger partial charge in [-0.15, -0.1) is 12.4 Å². The van der Waals surface area contributed by atoms with Crippen molar-refractivity contribution in [3.8, 4) is 0 Å². The molecule has 0 aromatic heterocycles. The Morgan fingerprint density at radius 2 is 1.76 bits per heavy atom. The van der Waals surface area contributed by atoms with Crippen LogP contribution in [0.5, 0.6) is 0 Å². The summed E-state index contributed by atoms with van der Waals surface area (Å²) in [5, 5.41) is 6.00. The molecule has 1 heterocycles. The molecule has 0 atom stereocenters. The van der Waals surface area contributed by atoms with Crippen LogP contribution in [-0.4, -0.2) is 51.4 Å². The van der Waals surface area contributed by atoms with E-state index in [0.717, 1.165) is 31.5 Å². The van der Waals surface area contributed by atoms with Gasteiger partial charge in [-0.05, 0) is 43.5 Å². The van der Waals surface area contributed by atoms with Gasteiger partial charge in [0, 0.05) is 32.6 Å². The first kappa shape index (κ1) is 21.9. The Morgan fingerprint density at radius 3 is 2.36 bits per heavy atom. The topological polar surface area (TPSA) is 78.5 Å². The highest BCUT2D eigenvalue weighted by molar-refractivity contribution is 7.89. The molecule has 1 aromatic carbocycles. The quantitative estimate of drug-likeness (QED) is 0.628. The van der Waals surface area contributed by atoms with Crippen LogP contribution in [0.2, 0.25) is 0 Å². The lowest BCUT2D eigenvalue weighted by Crippen LogP contribution is -2.31. The van der Waals surface area contributed by atoms with E-state index >= 15 is 0 Å². The van der Waals surface area contributed by atoms with Gasteiger partial charge in [0.1, 0.15) is 0 Å². The van der Waals surface area contributed by atoms with Crippen LogP contribution in [0.4, 0.5) is 0 Å². The number of halogens is 1. The van der Waals surface area contributed by atoms with Crippen molar-refractivity contribution in [1.82, 2.24) is 14.9 Å². The third-order valence-electron chi connectivity index (χ3n) is 4.14. The lowest BCUT2D eigenvalue weighted by molar-refractivity contribution is -0.121. The Bertz CT molecular complexity index is 629. The van der Waals surface area contributed by atoms with Crippen LogP contribution < -0.4 is 10.6 Å². The number of sulfonamides is 1. The molecule has 0 saturated carbocycles. The van der Waals surface area contributed by atoms with Crippen molar-refractivity contribution < 1.29 is 13.2 Å². The van der Waals surface area contributed by atoms with E-state index in [9.17, 15) is 13.2 Å². The molecule has 2 N–H and O–H groups in total. The molecule has 1 aliphatic heterocycles. The van der Waals surface area contributed by atoms with Crippen LogP contribution in [0, 0.1) is 0 Å². The van der Waals surface area contributed by atoms with E-state index in [1.807, 2.05) is 6.92 Å². The number of carbonyl (C=O) groups excluding carboxylic acids is 1. The number of nitrogens with zero attached hydrogens (tertiary/aromatic N) is 1. The molecule has 1 aromatic rings. The Kier molecular flexibility index (Phi) is 9.42. The minimum Gasteiger partial charge on any atom is -0.355 e. The predicted octanol–water partition coefficient (Wildman–Crippen LogP) is 1.55. The van der Waals surface area contributed by atoms with Crippen molar-refractivity contribution in [1.29, 1.82) is 0 Å². The number of nitrogens with one attached hydrogen (secondary N) is 2. The van der Waals surface area contributed by atoms with Gasteiger partial charge < -0.3 is 10.6 Å². The fourth-order valence-electron chi connectivity index (χ4n) is 2.72. The molecule has 0 radical (unpaired) electrons. The summed E-state index contributed by atoms with van der Waals surface area (Å²) >= 11 is 0.